The predicted molar refractivity (Wildman–Crippen MR) is 136 cm³/mol. The zero-order valence-corrected chi connectivity index (χ0v) is 20.5. The number of aryl methyl sites for hydroxylation is 1. The van der Waals surface area contributed by atoms with Gasteiger partial charge in [0.05, 0.1) is 33.3 Å². The number of halogens is 1. The largest absolute Gasteiger partial charge is 0.494 e. The zero-order valence-electron chi connectivity index (χ0n) is 19.7. The SMILES string of the molecule is COc1ccc(OC)c(OC)c1NC(=O)Cc1c(-c2ccccc2C)c2cc(Cl)ccc2oc1=O. The molecular formula is C27H24ClNO6. The second-order valence-electron chi connectivity index (χ2n) is 7.80. The van der Waals surface area contributed by atoms with Crippen molar-refractivity contribution in [2.75, 3.05) is 26.6 Å². The number of nitrogens with one attached hydrogen (secondary N) is 1. The van der Waals surface area contributed by atoms with Crippen molar-refractivity contribution in [3.05, 3.63) is 81.2 Å². The smallest absolute Gasteiger partial charge is 0.340 e. The third kappa shape index (κ3) is 4.68. The Kier molecular flexibility index (Phi) is 6.98. The Bertz CT molecular complexity index is 1480. The van der Waals surface area contributed by atoms with Gasteiger partial charge in [-0.15, -0.1) is 0 Å². The Morgan fingerprint density at radius 1 is 0.971 bits per heavy atom. The molecule has 0 radical (unpaired) electrons. The maximum Gasteiger partial charge on any atom is 0.340 e. The molecule has 1 amide bonds. The number of methoxy groups -OCH3 is 3. The molecule has 35 heavy (non-hydrogen) atoms. The number of benzene rings is 3. The summed E-state index contributed by atoms with van der Waals surface area (Å²) in [7, 11) is 4.44. The fourth-order valence-corrected chi connectivity index (χ4v) is 4.25. The first-order chi connectivity index (χ1) is 16.9. The lowest BCUT2D eigenvalue weighted by molar-refractivity contribution is -0.115. The third-order valence-corrected chi connectivity index (χ3v) is 5.94. The van der Waals surface area contributed by atoms with Crippen molar-refractivity contribution >= 4 is 34.2 Å². The molecule has 0 fully saturated rings. The van der Waals surface area contributed by atoms with E-state index in [1.807, 2.05) is 31.2 Å². The second kappa shape index (κ2) is 10.1. The van der Waals surface area contributed by atoms with Crippen LogP contribution >= 0.6 is 11.6 Å². The molecule has 0 aliphatic rings. The molecule has 1 N–H and O–H groups in total. The summed E-state index contributed by atoms with van der Waals surface area (Å²) < 4.78 is 21.7. The van der Waals surface area contributed by atoms with Crippen molar-refractivity contribution in [2.24, 2.45) is 0 Å². The maximum atomic E-state index is 13.3. The summed E-state index contributed by atoms with van der Waals surface area (Å²) in [5.74, 6) is 0.645. The molecule has 1 aromatic heterocycles. The minimum absolute atomic E-state index is 0.215. The lowest BCUT2D eigenvalue weighted by atomic mass is 9.92. The van der Waals surface area contributed by atoms with Crippen molar-refractivity contribution in [3.8, 4) is 28.4 Å². The van der Waals surface area contributed by atoms with E-state index in [4.69, 9.17) is 30.2 Å². The summed E-state index contributed by atoms with van der Waals surface area (Å²) >= 11 is 6.28. The molecule has 180 valence electrons. The fraction of sp³-hybridized carbons (Fsp3) is 0.185. The zero-order chi connectivity index (χ0) is 25.1. The molecule has 0 aliphatic heterocycles. The van der Waals surface area contributed by atoms with Crippen molar-refractivity contribution in [2.45, 2.75) is 13.3 Å². The number of hydrogen-bond donors (Lipinski definition) is 1. The number of fused-ring (bicyclic) bond motifs is 1. The van der Waals surface area contributed by atoms with Crippen LogP contribution in [0.2, 0.25) is 5.02 Å². The average Bonchev–Trinajstić information content (AvgIpc) is 2.85. The van der Waals surface area contributed by atoms with Gasteiger partial charge < -0.3 is 23.9 Å². The van der Waals surface area contributed by atoms with Crippen LogP contribution in [-0.4, -0.2) is 27.2 Å². The van der Waals surface area contributed by atoms with Gasteiger partial charge in [0.25, 0.3) is 0 Å². The number of carbonyl (C=O) groups is 1. The molecule has 7 nitrogen and oxygen atoms in total. The highest BCUT2D eigenvalue weighted by atomic mass is 35.5. The van der Waals surface area contributed by atoms with Gasteiger partial charge in [0, 0.05) is 16.0 Å². The van der Waals surface area contributed by atoms with Gasteiger partial charge in [0.15, 0.2) is 11.5 Å². The second-order valence-corrected chi connectivity index (χ2v) is 8.24. The van der Waals surface area contributed by atoms with E-state index in [0.717, 1.165) is 11.1 Å². The van der Waals surface area contributed by atoms with Gasteiger partial charge >= 0.3 is 5.63 Å². The molecule has 0 spiro atoms. The summed E-state index contributed by atoms with van der Waals surface area (Å²) in [6.07, 6.45) is -0.252. The van der Waals surface area contributed by atoms with Crippen LogP contribution in [0.25, 0.3) is 22.1 Å². The highest BCUT2D eigenvalue weighted by Crippen LogP contribution is 2.42. The summed E-state index contributed by atoms with van der Waals surface area (Å²) in [4.78, 5) is 26.4. The quantitative estimate of drug-likeness (QED) is 0.336. The van der Waals surface area contributed by atoms with Gasteiger partial charge in [-0.3, -0.25) is 4.79 Å². The number of ether oxygens (including phenoxy) is 3. The van der Waals surface area contributed by atoms with E-state index in [1.54, 1.807) is 30.3 Å². The lowest BCUT2D eigenvalue weighted by Crippen LogP contribution is -2.21. The lowest BCUT2D eigenvalue weighted by Gasteiger charge is -2.17. The molecule has 1 heterocycles. The van der Waals surface area contributed by atoms with E-state index in [-0.39, 0.29) is 12.0 Å². The average molecular weight is 494 g/mol. The Morgan fingerprint density at radius 2 is 1.69 bits per heavy atom. The Labute approximate surface area is 207 Å². The molecule has 3 aromatic carbocycles. The van der Waals surface area contributed by atoms with E-state index in [1.165, 1.54) is 21.3 Å². The van der Waals surface area contributed by atoms with Crippen LogP contribution in [0.4, 0.5) is 5.69 Å². The minimum Gasteiger partial charge on any atom is -0.494 e. The summed E-state index contributed by atoms with van der Waals surface area (Å²) in [6.45, 7) is 1.94. The van der Waals surface area contributed by atoms with Crippen LogP contribution in [0.1, 0.15) is 11.1 Å². The van der Waals surface area contributed by atoms with Gasteiger partial charge in [-0.05, 0) is 48.4 Å². The minimum atomic E-state index is -0.599. The summed E-state index contributed by atoms with van der Waals surface area (Å²) in [5, 5.41) is 3.94. The third-order valence-electron chi connectivity index (χ3n) is 5.71. The highest BCUT2D eigenvalue weighted by molar-refractivity contribution is 6.31. The number of carbonyl (C=O) groups excluding carboxylic acids is 1. The van der Waals surface area contributed by atoms with Gasteiger partial charge in [-0.25, -0.2) is 4.79 Å². The molecular weight excluding hydrogens is 470 g/mol. The Balaban J connectivity index is 1.85. The molecule has 0 aliphatic carbocycles. The van der Waals surface area contributed by atoms with E-state index in [9.17, 15) is 9.59 Å². The van der Waals surface area contributed by atoms with Crippen LogP contribution in [0.5, 0.6) is 17.2 Å². The molecule has 4 rings (SSSR count). The topological polar surface area (TPSA) is 87.0 Å². The number of hydrogen-bond acceptors (Lipinski definition) is 6. The molecule has 0 atom stereocenters. The Morgan fingerprint density at radius 3 is 2.37 bits per heavy atom. The molecule has 0 unspecified atom stereocenters. The van der Waals surface area contributed by atoms with Crippen molar-refractivity contribution in [1.82, 2.24) is 0 Å². The Hall–Kier alpha value is -3.97. The van der Waals surface area contributed by atoms with E-state index >= 15 is 0 Å². The normalized spacial score (nSPS) is 10.8. The molecule has 0 saturated carbocycles. The van der Waals surface area contributed by atoms with Crippen LogP contribution in [0.3, 0.4) is 0 Å². The molecule has 0 bridgehead atoms. The first-order valence-corrected chi connectivity index (χ1v) is 11.2. The van der Waals surface area contributed by atoms with Crippen LogP contribution in [0, 0.1) is 6.92 Å². The van der Waals surface area contributed by atoms with Crippen molar-refractivity contribution < 1.29 is 23.4 Å². The summed E-state index contributed by atoms with van der Waals surface area (Å²) in [6, 6.07) is 16.0. The number of rotatable bonds is 7. The molecule has 4 aromatic rings. The standard InChI is InChI=1S/C27H24ClNO6/c1-15-7-5-6-8-17(15)24-18-13-16(28)9-10-20(18)35-27(31)19(24)14-23(30)29-25-21(32-2)11-12-22(33-3)26(25)34-4/h5-13H,14H2,1-4H3,(H,29,30). The maximum absolute atomic E-state index is 13.3. The van der Waals surface area contributed by atoms with Gasteiger partial charge in [0.1, 0.15) is 17.0 Å². The first kappa shape index (κ1) is 24.2. The number of anilines is 1. The first-order valence-electron chi connectivity index (χ1n) is 10.8. The highest BCUT2D eigenvalue weighted by Gasteiger charge is 2.23. The van der Waals surface area contributed by atoms with E-state index in [2.05, 4.69) is 5.32 Å². The van der Waals surface area contributed by atoms with Gasteiger partial charge in [0.2, 0.25) is 5.91 Å². The van der Waals surface area contributed by atoms with Gasteiger partial charge in [-0.1, -0.05) is 35.9 Å². The number of amides is 1. The predicted octanol–water partition coefficient (Wildman–Crippen LogP) is 5.63. The van der Waals surface area contributed by atoms with Crippen molar-refractivity contribution in [3.63, 3.8) is 0 Å². The van der Waals surface area contributed by atoms with Crippen LogP contribution in [0.15, 0.2) is 63.8 Å². The fourth-order valence-electron chi connectivity index (χ4n) is 4.08. The van der Waals surface area contributed by atoms with Crippen LogP contribution < -0.4 is 25.2 Å². The molecule has 0 saturated heterocycles. The summed E-state index contributed by atoms with van der Waals surface area (Å²) in [5.41, 5.74) is 2.66. The van der Waals surface area contributed by atoms with Gasteiger partial charge in [-0.2, -0.15) is 0 Å². The van der Waals surface area contributed by atoms with E-state index in [0.29, 0.717) is 44.5 Å². The van der Waals surface area contributed by atoms with Crippen LogP contribution in [-0.2, 0) is 11.2 Å². The van der Waals surface area contributed by atoms with Crippen molar-refractivity contribution in [1.29, 1.82) is 0 Å². The van der Waals surface area contributed by atoms with E-state index < -0.39 is 11.5 Å². The molecule has 8 heteroatoms. The monoisotopic (exact) mass is 493 g/mol.